The van der Waals surface area contributed by atoms with Gasteiger partial charge in [0.2, 0.25) is 0 Å². The highest BCUT2D eigenvalue weighted by Gasteiger charge is 2.13. The first-order valence-electron chi connectivity index (χ1n) is 6.68. The molecule has 0 atom stereocenters. The minimum atomic E-state index is -0.0660. The summed E-state index contributed by atoms with van der Waals surface area (Å²) in [5.41, 5.74) is 3.60. The molecule has 1 aliphatic heterocycles. The molecular formula is C15H16ClN3O. The highest BCUT2D eigenvalue weighted by atomic mass is 35.5. The number of rotatable bonds is 2. The van der Waals surface area contributed by atoms with Crippen LogP contribution in [0.4, 0.5) is 0 Å². The van der Waals surface area contributed by atoms with Gasteiger partial charge in [-0.15, -0.1) is 0 Å². The summed E-state index contributed by atoms with van der Waals surface area (Å²) in [4.78, 5) is 12.2. The molecule has 2 aromatic carbocycles. The van der Waals surface area contributed by atoms with Crippen LogP contribution in [-0.2, 0) is 0 Å². The van der Waals surface area contributed by atoms with E-state index >= 15 is 0 Å². The number of carbonyl (C=O) groups is 1. The Morgan fingerprint density at radius 1 is 1.10 bits per heavy atom. The summed E-state index contributed by atoms with van der Waals surface area (Å²) in [6.07, 6.45) is 0. The maximum absolute atomic E-state index is 12.2. The number of halogens is 1. The average molecular weight is 290 g/mol. The van der Waals surface area contributed by atoms with Crippen molar-refractivity contribution in [3.05, 3.63) is 47.0 Å². The van der Waals surface area contributed by atoms with Gasteiger partial charge in [-0.25, -0.2) is 5.01 Å². The van der Waals surface area contributed by atoms with Crippen LogP contribution >= 0.6 is 11.6 Å². The third-order valence-corrected chi connectivity index (χ3v) is 3.68. The van der Waals surface area contributed by atoms with Gasteiger partial charge in [-0.2, -0.15) is 0 Å². The van der Waals surface area contributed by atoms with Crippen LogP contribution in [0.15, 0.2) is 36.4 Å². The summed E-state index contributed by atoms with van der Waals surface area (Å²) in [5.74, 6) is -0.0660. The smallest absolute Gasteiger partial charge is 0.265 e. The second-order valence-corrected chi connectivity index (χ2v) is 5.32. The SMILES string of the molecule is O=C(NN1CCNCC1)c1ccc2cc(Cl)ccc2c1. The molecule has 1 aliphatic rings. The number of piperazine rings is 1. The molecule has 0 aromatic heterocycles. The van der Waals surface area contributed by atoms with Crippen LogP contribution in [0.1, 0.15) is 10.4 Å². The Bertz CT molecular complexity index is 638. The Balaban J connectivity index is 1.78. The zero-order valence-corrected chi connectivity index (χ0v) is 11.8. The fourth-order valence-corrected chi connectivity index (χ4v) is 2.52. The summed E-state index contributed by atoms with van der Waals surface area (Å²) in [6, 6.07) is 11.3. The molecule has 1 amide bonds. The standard InChI is InChI=1S/C15H16ClN3O/c16-14-4-3-11-9-13(2-1-12(11)10-14)15(20)18-19-7-5-17-6-8-19/h1-4,9-10,17H,5-8H2,(H,18,20). The molecule has 2 N–H and O–H groups in total. The minimum Gasteiger partial charge on any atom is -0.314 e. The molecule has 0 spiro atoms. The second kappa shape index (κ2) is 5.79. The first-order chi connectivity index (χ1) is 9.72. The first-order valence-corrected chi connectivity index (χ1v) is 7.06. The van der Waals surface area contributed by atoms with Crippen molar-refractivity contribution in [3.63, 3.8) is 0 Å². The number of hydrogen-bond donors (Lipinski definition) is 2. The molecule has 20 heavy (non-hydrogen) atoms. The van der Waals surface area contributed by atoms with E-state index in [0.717, 1.165) is 37.0 Å². The van der Waals surface area contributed by atoms with Crippen molar-refractivity contribution in [2.75, 3.05) is 26.2 Å². The van der Waals surface area contributed by atoms with Crippen LogP contribution in [0.3, 0.4) is 0 Å². The zero-order chi connectivity index (χ0) is 13.9. The van der Waals surface area contributed by atoms with Gasteiger partial charge in [-0.3, -0.25) is 10.2 Å². The molecule has 0 aliphatic carbocycles. The number of hydrogen-bond acceptors (Lipinski definition) is 3. The fraction of sp³-hybridized carbons (Fsp3) is 0.267. The van der Waals surface area contributed by atoms with E-state index in [1.165, 1.54) is 0 Å². The summed E-state index contributed by atoms with van der Waals surface area (Å²) >= 11 is 5.96. The van der Waals surface area contributed by atoms with Gasteiger partial charge in [0.15, 0.2) is 0 Å². The molecule has 5 heteroatoms. The van der Waals surface area contributed by atoms with Gasteiger partial charge >= 0.3 is 0 Å². The number of amides is 1. The Hall–Kier alpha value is -1.62. The molecule has 3 rings (SSSR count). The van der Waals surface area contributed by atoms with Crippen molar-refractivity contribution in [3.8, 4) is 0 Å². The van der Waals surface area contributed by atoms with Gasteiger partial charge in [0, 0.05) is 36.8 Å². The molecule has 1 saturated heterocycles. The van der Waals surface area contributed by atoms with Crippen LogP contribution < -0.4 is 10.7 Å². The number of hydrazine groups is 1. The van der Waals surface area contributed by atoms with Crippen molar-refractivity contribution in [2.24, 2.45) is 0 Å². The zero-order valence-electron chi connectivity index (χ0n) is 11.0. The van der Waals surface area contributed by atoms with Crippen LogP contribution in [0.2, 0.25) is 5.02 Å². The lowest BCUT2D eigenvalue weighted by Gasteiger charge is -2.27. The highest BCUT2D eigenvalue weighted by Crippen LogP contribution is 2.20. The van der Waals surface area contributed by atoms with Crippen molar-refractivity contribution >= 4 is 28.3 Å². The molecule has 1 fully saturated rings. The molecule has 2 aromatic rings. The average Bonchev–Trinajstić information content (AvgIpc) is 2.47. The fourth-order valence-electron chi connectivity index (χ4n) is 2.34. The lowest BCUT2D eigenvalue weighted by atomic mass is 10.1. The number of nitrogens with zero attached hydrogens (tertiary/aromatic N) is 1. The summed E-state index contributed by atoms with van der Waals surface area (Å²) in [6.45, 7) is 3.46. The Morgan fingerprint density at radius 2 is 1.80 bits per heavy atom. The van der Waals surface area contributed by atoms with Crippen molar-refractivity contribution in [1.82, 2.24) is 15.8 Å². The predicted octanol–water partition coefficient (Wildman–Crippen LogP) is 2.04. The van der Waals surface area contributed by atoms with E-state index in [9.17, 15) is 4.79 Å². The van der Waals surface area contributed by atoms with Gasteiger partial charge in [-0.05, 0) is 35.0 Å². The molecule has 0 bridgehead atoms. The van der Waals surface area contributed by atoms with Crippen LogP contribution in [-0.4, -0.2) is 37.1 Å². The van der Waals surface area contributed by atoms with Gasteiger partial charge < -0.3 is 5.32 Å². The van der Waals surface area contributed by atoms with Gasteiger partial charge in [0.25, 0.3) is 5.91 Å². The highest BCUT2D eigenvalue weighted by molar-refractivity contribution is 6.31. The normalized spacial score (nSPS) is 16.2. The monoisotopic (exact) mass is 289 g/mol. The lowest BCUT2D eigenvalue weighted by molar-refractivity contribution is 0.0765. The van der Waals surface area contributed by atoms with Gasteiger partial charge in [-0.1, -0.05) is 23.7 Å². The maximum atomic E-state index is 12.2. The number of benzene rings is 2. The number of fused-ring (bicyclic) bond motifs is 1. The maximum Gasteiger partial charge on any atom is 0.265 e. The first kappa shape index (κ1) is 13.4. The Labute approximate surface area is 122 Å². The summed E-state index contributed by atoms with van der Waals surface area (Å²) in [7, 11) is 0. The van der Waals surface area contributed by atoms with Crippen molar-refractivity contribution in [2.45, 2.75) is 0 Å². The topological polar surface area (TPSA) is 44.4 Å². The van der Waals surface area contributed by atoms with Crippen molar-refractivity contribution < 1.29 is 4.79 Å². The third kappa shape index (κ3) is 2.93. The molecule has 0 unspecified atom stereocenters. The molecular weight excluding hydrogens is 274 g/mol. The van der Waals surface area contributed by atoms with E-state index in [1.54, 1.807) is 0 Å². The molecule has 104 valence electrons. The Kier molecular flexibility index (Phi) is 3.87. The second-order valence-electron chi connectivity index (χ2n) is 4.88. The van der Waals surface area contributed by atoms with Crippen molar-refractivity contribution in [1.29, 1.82) is 0 Å². The van der Waals surface area contributed by atoms with Gasteiger partial charge in [0.1, 0.15) is 0 Å². The van der Waals surface area contributed by atoms with Gasteiger partial charge in [0.05, 0.1) is 0 Å². The Morgan fingerprint density at radius 3 is 2.60 bits per heavy atom. The van der Waals surface area contributed by atoms with E-state index in [4.69, 9.17) is 11.6 Å². The van der Waals surface area contributed by atoms with E-state index in [1.807, 2.05) is 41.4 Å². The van der Waals surface area contributed by atoms with E-state index in [2.05, 4.69) is 10.7 Å². The van der Waals surface area contributed by atoms with E-state index < -0.39 is 0 Å². The van der Waals surface area contributed by atoms with E-state index in [-0.39, 0.29) is 5.91 Å². The van der Waals surface area contributed by atoms with Crippen LogP contribution in [0.25, 0.3) is 10.8 Å². The molecule has 1 heterocycles. The van der Waals surface area contributed by atoms with Crippen LogP contribution in [0, 0.1) is 0 Å². The number of carbonyl (C=O) groups excluding carboxylic acids is 1. The number of nitrogens with one attached hydrogen (secondary N) is 2. The predicted molar refractivity (Wildman–Crippen MR) is 80.9 cm³/mol. The van der Waals surface area contributed by atoms with E-state index in [0.29, 0.717) is 10.6 Å². The van der Waals surface area contributed by atoms with Crippen LogP contribution in [0.5, 0.6) is 0 Å². The molecule has 0 radical (unpaired) electrons. The summed E-state index contributed by atoms with van der Waals surface area (Å²) in [5, 5.41) is 7.96. The summed E-state index contributed by atoms with van der Waals surface area (Å²) < 4.78 is 0. The third-order valence-electron chi connectivity index (χ3n) is 3.44. The molecule has 0 saturated carbocycles. The minimum absolute atomic E-state index is 0.0660. The quantitative estimate of drug-likeness (QED) is 0.889. The largest absolute Gasteiger partial charge is 0.314 e. The molecule has 4 nitrogen and oxygen atoms in total. The lowest BCUT2D eigenvalue weighted by Crippen LogP contribution is -2.52.